The number of amides is 2. The van der Waals surface area contributed by atoms with Crippen molar-refractivity contribution in [3.8, 4) is 5.75 Å². The fourth-order valence-corrected chi connectivity index (χ4v) is 4.87. The Morgan fingerprint density at radius 3 is 2.27 bits per heavy atom. The van der Waals surface area contributed by atoms with Crippen molar-refractivity contribution in [3.63, 3.8) is 0 Å². The van der Waals surface area contributed by atoms with Crippen LogP contribution in [0, 0.1) is 6.92 Å². The van der Waals surface area contributed by atoms with Crippen LogP contribution < -0.4 is 10.1 Å². The van der Waals surface area contributed by atoms with Gasteiger partial charge < -0.3 is 15.0 Å². The summed E-state index contributed by atoms with van der Waals surface area (Å²) in [5.41, 5.74) is 3.11. The van der Waals surface area contributed by atoms with E-state index in [0.717, 1.165) is 42.4 Å². The fourth-order valence-electron chi connectivity index (χ4n) is 4.75. The molecule has 0 unspecified atom stereocenters. The van der Waals surface area contributed by atoms with E-state index in [9.17, 15) is 9.59 Å². The van der Waals surface area contributed by atoms with Crippen LogP contribution in [-0.4, -0.2) is 35.4 Å². The predicted molar refractivity (Wildman–Crippen MR) is 148 cm³/mol. The normalized spacial score (nSPS) is 14.5. The van der Waals surface area contributed by atoms with E-state index < -0.39 is 6.04 Å². The number of halogens is 1. The maximum absolute atomic E-state index is 13.8. The first-order valence-electron chi connectivity index (χ1n) is 13.1. The molecule has 1 fully saturated rings. The fraction of sp³-hybridized carbons (Fsp3) is 0.355. The molecule has 0 aliphatic heterocycles. The zero-order valence-electron chi connectivity index (χ0n) is 21.4. The van der Waals surface area contributed by atoms with Gasteiger partial charge in [0.15, 0.2) is 6.61 Å². The summed E-state index contributed by atoms with van der Waals surface area (Å²) in [4.78, 5) is 29.1. The van der Waals surface area contributed by atoms with E-state index in [1.54, 1.807) is 29.2 Å². The first kappa shape index (κ1) is 26.7. The molecule has 5 nitrogen and oxygen atoms in total. The Hall–Kier alpha value is -3.31. The Bertz CT molecular complexity index is 1140. The minimum Gasteiger partial charge on any atom is -0.484 e. The van der Waals surface area contributed by atoms with Crippen molar-refractivity contribution < 1.29 is 14.3 Å². The van der Waals surface area contributed by atoms with Crippen LogP contribution in [0.2, 0.25) is 5.02 Å². The van der Waals surface area contributed by atoms with Crippen molar-refractivity contribution in [3.05, 3.63) is 101 Å². The van der Waals surface area contributed by atoms with Crippen LogP contribution in [0.4, 0.5) is 0 Å². The van der Waals surface area contributed by atoms with Gasteiger partial charge in [0.2, 0.25) is 5.91 Å². The van der Waals surface area contributed by atoms with Crippen LogP contribution in [0.3, 0.4) is 0 Å². The Morgan fingerprint density at radius 1 is 0.919 bits per heavy atom. The molecule has 0 aromatic heterocycles. The highest BCUT2D eigenvalue weighted by Gasteiger charge is 2.32. The summed E-state index contributed by atoms with van der Waals surface area (Å²) in [7, 11) is 0. The van der Waals surface area contributed by atoms with Crippen LogP contribution in [0.1, 0.15) is 48.8 Å². The largest absolute Gasteiger partial charge is 0.484 e. The lowest BCUT2D eigenvalue weighted by molar-refractivity contribution is -0.143. The summed E-state index contributed by atoms with van der Waals surface area (Å²) in [6.45, 7) is 2.18. The highest BCUT2D eigenvalue weighted by atomic mass is 35.5. The van der Waals surface area contributed by atoms with Crippen molar-refractivity contribution in [2.75, 3.05) is 6.61 Å². The average molecular weight is 519 g/mol. The third-order valence-electron chi connectivity index (χ3n) is 6.87. The first-order chi connectivity index (χ1) is 18.0. The number of benzene rings is 3. The Balaban J connectivity index is 1.59. The van der Waals surface area contributed by atoms with Gasteiger partial charge in [0.05, 0.1) is 0 Å². The van der Waals surface area contributed by atoms with Gasteiger partial charge in [-0.25, -0.2) is 0 Å². The molecule has 1 aliphatic carbocycles. The maximum atomic E-state index is 13.8. The second-order valence-electron chi connectivity index (χ2n) is 9.80. The standard InChI is InChI=1S/C31H35ClN2O3/c1-23-12-14-25(15-13-23)21-34(30(35)22-37-28-18-16-26(32)17-19-28)29(20-24-8-4-2-5-9-24)31(36)33-27-10-6-3-7-11-27/h2,4-5,8-9,12-19,27,29H,3,6-7,10-11,20-22H2,1H3,(H,33,36)/t29-/m0/s1. The van der Waals surface area contributed by atoms with Gasteiger partial charge in [0.25, 0.3) is 5.91 Å². The van der Waals surface area contributed by atoms with E-state index in [4.69, 9.17) is 16.3 Å². The summed E-state index contributed by atoms with van der Waals surface area (Å²) < 4.78 is 5.81. The molecule has 0 heterocycles. The van der Waals surface area contributed by atoms with Crippen molar-refractivity contribution in [1.82, 2.24) is 10.2 Å². The monoisotopic (exact) mass is 518 g/mol. The number of carbonyl (C=O) groups excluding carboxylic acids is 2. The first-order valence-corrected chi connectivity index (χ1v) is 13.4. The smallest absolute Gasteiger partial charge is 0.261 e. The van der Waals surface area contributed by atoms with E-state index in [0.29, 0.717) is 23.7 Å². The molecule has 1 atom stereocenters. The number of rotatable bonds is 10. The second kappa shape index (κ2) is 13.3. The van der Waals surface area contributed by atoms with Crippen LogP contribution >= 0.6 is 11.6 Å². The SMILES string of the molecule is Cc1ccc(CN(C(=O)COc2ccc(Cl)cc2)[C@@H](Cc2ccccc2)C(=O)NC2CCCCC2)cc1. The van der Waals surface area contributed by atoms with Gasteiger partial charge in [-0.2, -0.15) is 0 Å². The maximum Gasteiger partial charge on any atom is 0.261 e. The average Bonchev–Trinajstić information content (AvgIpc) is 2.92. The molecule has 0 spiro atoms. The lowest BCUT2D eigenvalue weighted by Crippen LogP contribution is -2.53. The number of hydrogen-bond acceptors (Lipinski definition) is 3. The van der Waals surface area contributed by atoms with Crippen LogP contribution in [0.5, 0.6) is 5.75 Å². The lowest BCUT2D eigenvalue weighted by atomic mass is 9.94. The second-order valence-corrected chi connectivity index (χ2v) is 10.2. The van der Waals surface area contributed by atoms with Crippen molar-refractivity contribution in [2.45, 2.75) is 64.1 Å². The molecule has 0 radical (unpaired) electrons. The molecule has 194 valence electrons. The number of carbonyl (C=O) groups is 2. The molecule has 2 amide bonds. The quantitative estimate of drug-likeness (QED) is 0.352. The Kier molecular flexibility index (Phi) is 9.61. The summed E-state index contributed by atoms with van der Waals surface area (Å²) in [5, 5.41) is 3.86. The lowest BCUT2D eigenvalue weighted by Gasteiger charge is -2.33. The van der Waals surface area contributed by atoms with Crippen molar-refractivity contribution in [2.24, 2.45) is 0 Å². The Morgan fingerprint density at radius 2 is 1.59 bits per heavy atom. The molecule has 37 heavy (non-hydrogen) atoms. The highest BCUT2D eigenvalue weighted by molar-refractivity contribution is 6.30. The number of nitrogens with one attached hydrogen (secondary N) is 1. The molecule has 1 saturated carbocycles. The molecular formula is C31H35ClN2O3. The molecule has 1 N–H and O–H groups in total. The summed E-state index contributed by atoms with van der Waals surface area (Å²) in [5.74, 6) is 0.206. The predicted octanol–water partition coefficient (Wildman–Crippen LogP) is 6.12. The van der Waals surface area contributed by atoms with Crippen LogP contribution in [-0.2, 0) is 22.6 Å². The van der Waals surface area contributed by atoms with Gasteiger partial charge in [-0.1, -0.05) is 91.0 Å². The van der Waals surface area contributed by atoms with E-state index in [1.165, 1.54) is 6.42 Å². The summed E-state index contributed by atoms with van der Waals surface area (Å²) >= 11 is 5.98. The van der Waals surface area contributed by atoms with Crippen molar-refractivity contribution in [1.29, 1.82) is 0 Å². The minimum absolute atomic E-state index is 0.109. The van der Waals surface area contributed by atoms with Gasteiger partial charge in [-0.05, 0) is 55.2 Å². The van der Waals surface area contributed by atoms with Crippen LogP contribution in [0.15, 0.2) is 78.9 Å². The third kappa shape index (κ3) is 8.09. The van der Waals surface area contributed by atoms with Crippen molar-refractivity contribution >= 4 is 23.4 Å². The van der Waals surface area contributed by atoms with Crippen LogP contribution in [0.25, 0.3) is 0 Å². The molecular weight excluding hydrogens is 484 g/mol. The van der Waals surface area contributed by atoms with Gasteiger partial charge in [-0.3, -0.25) is 9.59 Å². The zero-order valence-corrected chi connectivity index (χ0v) is 22.1. The van der Waals surface area contributed by atoms with E-state index in [2.05, 4.69) is 5.32 Å². The van der Waals surface area contributed by atoms with E-state index >= 15 is 0 Å². The molecule has 6 heteroatoms. The summed E-state index contributed by atoms with van der Waals surface area (Å²) in [6.07, 6.45) is 5.84. The molecule has 1 aliphatic rings. The highest BCUT2D eigenvalue weighted by Crippen LogP contribution is 2.21. The molecule has 3 aromatic rings. The van der Waals surface area contributed by atoms with Gasteiger partial charge >= 0.3 is 0 Å². The van der Waals surface area contributed by atoms with E-state index in [-0.39, 0.29) is 24.5 Å². The molecule has 3 aromatic carbocycles. The van der Waals surface area contributed by atoms with Gasteiger partial charge in [-0.15, -0.1) is 0 Å². The summed E-state index contributed by atoms with van der Waals surface area (Å²) in [6, 6.07) is 24.3. The van der Waals surface area contributed by atoms with E-state index in [1.807, 2.05) is 61.5 Å². The molecule has 0 saturated heterocycles. The topological polar surface area (TPSA) is 58.6 Å². The number of ether oxygens (including phenoxy) is 1. The van der Waals surface area contributed by atoms with Gasteiger partial charge in [0.1, 0.15) is 11.8 Å². The molecule has 4 rings (SSSR count). The number of nitrogens with zero attached hydrogens (tertiary/aromatic N) is 1. The number of hydrogen-bond donors (Lipinski definition) is 1. The third-order valence-corrected chi connectivity index (χ3v) is 7.12. The zero-order chi connectivity index (χ0) is 26.0. The van der Waals surface area contributed by atoms with Gasteiger partial charge in [0, 0.05) is 24.0 Å². The Labute approximate surface area is 224 Å². The number of aryl methyl sites for hydroxylation is 1. The molecule has 0 bridgehead atoms. The minimum atomic E-state index is -0.660.